The molecule has 0 aliphatic carbocycles. The van der Waals surface area contributed by atoms with E-state index >= 15 is 0 Å². The summed E-state index contributed by atoms with van der Waals surface area (Å²) in [4.78, 5) is 7.64. The predicted molar refractivity (Wildman–Crippen MR) is 37.7 cm³/mol. The molecule has 0 bridgehead atoms. The average molecular weight is 139 g/mol. The normalized spacial score (nSPS) is 22.2. The van der Waals surface area contributed by atoms with Crippen molar-refractivity contribution in [1.82, 2.24) is 5.01 Å². The molecule has 2 aliphatic rings. The minimum Gasteiger partial charge on any atom is -0.239 e. The van der Waals surface area contributed by atoms with E-state index in [9.17, 15) is 0 Å². The Hall–Kier alpha value is -0.840. The number of aliphatic imine (C=N–C) groups is 2. The van der Waals surface area contributed by atoms with Crippen LogP contribution in [0.15, 0.2) is 15.1 Å². The van der Waals surface area contributed by atoms with Crippen LogP contribution in [-0.2, 0) is 0 Å². The Morgan fingerprint density at radius 3 is 3.67 bits per heavy atom. The Morgan fingerprint density at radius 2 is 2.78 bits per heavy atom. The maximum atomic E-state index is 3.96. The van der Waals surface area contributed by atoms with Crippen LogP contribution in [0.3, 0.4) is 0 Å². The lowest BCUT2D eigenvalue weighted by atomic mass is 10.9. The number of hydrazone groups is 1. The maximum absolute atomic E-state index is 3.96. The lowest BCUT2D eigenvalue weighted by Gasteiger charge is -2.11. The second kappa shape index (κ2) is 1.84. The van der Waals surface area contributed by atoms with E-state index in [1.807, 2.05) is 0 Å². The molecule has 0 amide bonds. The number of rotatable bonds is 0. The minimum absolute atomic E-state index is 0.558. The SMILES string of the molecule is [C]1=NCN2N=CSC2=N1. The van der Waals surface area contributed by atoms with Crippen molar-refractivity contribution < 1.29 is 0 Å². The van der Waals surface area contributed by atoms with Crippen LogP contribution in [0, 0.1) is 0 Å². The van der Waals surface area contributed by atoms with Crippen molar-refractivity contribution in [2.24, 2.45) is 15.1 Å². The van der Waals surface area contributed by atoms with Gasteiger partial charge in [-0.25, -0.2) is 10.0 Å². The van der Waals surface area contributed by atoms with Crippen molar-refractivity contribution in [3.05, 3.63) is 0 Å². The Bertz CT molecular complexity index is 207. The molecule has 5 heteroatoms. The van der Waals surface area contributed by atoms with E-state index in [1.165, 1.54) is 11.8 Å². The van der Waals surface area contributed by atoms with Crippen molar-refractivity contribution in [1.29, 1.82) is 0 Å². The highest BCUT2D eigenvalue weighted by molar-refractivity contribution is 8.25. The van der Waals surface area contributed by atoms with Crippen molar-refractivity contribution >= 4 is 28.8 Å². The molecule has 0 saturated carbocycles. The molecule has 4 nitrogen and oxygen atoms in total. The van der Waals surface area contributed by atoms with Gasteiger partial charge in [-0.3, -0.25) is 0 Å². The first-order valence-corrected chi connectivity index (χ1v) is 3.30. The minimum atomic E-state index is 0.558. The number of fused-ring (bicyclic) bond motifs is 1. The van der Waals surface area contributed by atoms with Crippen LogP contribution in [0.25, 0.3) is 0 Å². The number of nitrogens with zero attached hydrogens (tertiary/aromatic N) is 4. The van der Waals surface area contributed by atoms with Crippen LogP contribution in [-0.4, -0.2) is 28.7 Å². The van der Waals surface area contributed by atoms with Gasteiger partial charge in [0.05, 0.1) is 5.55 Å². The maximum Gasteiger partial charge on any atom is 0.197 e. The van der Waals surface area contributed by atoms with Crippen molar-refractivity contribution in [3.63, 3.8) is 0 Å². The lowest BCUT2D eigenvalue weighted by molar-refractivity contribution is 0.473. The first kappa shape index (κ1) is 4.99. The Balaban J connectivity index is 2.29. The molecule has 2 rings (SSSR count). The largest absolute Gasteiger partial charge is 0.239 e. The summed E-state index contributed by atoms with van der Waals surface area (Å²) in [6.45, 7) is 0.558. The fourth-order valence-electron chi connectivity index (χ4n) is 0.596. The van der Waals surface area contributed by atoms with Gasteiger partial charge < -0.3 is 0 Å². The standard InChI is InChI=1S/C4H3N4S/c1-5-2-8-4(6-1)9-3-7-8/h3H,2H2. The summed E-state index contributed by atoms with van der Waals surface area (Å²) in [7, 11) is 0. The summed E-state index contributed by atoms with van der Waals surface area (Å²) in [6, 6.07) is 0. The van der Waals surface area contributed by atoms with Gasteiger partial charge >= 0.3 is 0 Å². The number of hydrogen-bond acceptors (Lipinski definition) is 5. The molecule has 2 heterocycles. The van der Waals surface area contributed by atoms with Gasteiger partial charge in [0.15, 0.2) is 11.5 Å². The third kappa shape index (κ3) is 0.730. The van der Waals surface area contributed by atoms with E-state index in [1.54, 1.807) is 10.6 Å². The van der Waals surface area contributed by atoms with E-state index in [0.29, 0.717) is 6.67 Å². The number of thioether (sulfide) groups is 1. The molecule has 0 aromatic heterocycles. The molecular formula is C4H3N4S. The molecular weight excluding hydrogens is 136 g/mol. The monoisotopic (exact) mass is 139 g/mol. The summed E-state index contributed by atoms with van der Waals surface area (Å²) < 4.78 is 0. The molecule has 0 aromatic carbocycles. The molecule has 1 radical (unpaired) electrons. The second-order valence-electron chi connectivity index (χ2n) is 1.53. The third-order valence-corrected chi connectivity index (χ3v) is 1.70. The molecule has 0 saturated heterocycles. The van der Waals surface area contributed by atoms with Crippen molar-refractivity contribution in [2.75, 3.05) is 6.67 Å². The van der Waals surface area contributed by atoms with Crippen LogP contribution < -0.4 is 0 Å². The summed E-state index contributed by atoms with van der Waals surface area (Å²) in [5.41, 5.74) is 1.74. The number of amidine groups is 1. The Morgan fingerprint density at radius 1 is 1.78 bits per heavy atom. The van der Waals surface area contributed by atoms with Gasteiger partial charge in [0, 0.05) is 0 Å². The number of hydrogen-bond donors (Lipinski definition) is 0. The van der Waals surface area contributed by atoms with Gasteiger partial charge in [0.25, 0.3) is 0 Å². The molecule has 2 aliphatic heterocycles. The lowest BCUT2D eigenvalue weighted by Crippen LogP contribution is -2.22. The van der Waals surface area contributed by atoms with E-state index in [2.05, 4.69) is 21.4 Å². The first-order valence-electron chi connectivity index (χ1n) is 2.42. The topological polar surface area (TPSA) is 40.3 Å². The van der Waals surface area contributed by atoms with Crippen LogP contribution in [0.1, 0.15) is 0 Å². The van der Waals surface area contributed by atoms with E-state index in [-0.39, 0.29) is 0 Å². The molecule has 0 fully saturated rings. The zero-order chi connectivity index (χ0) is 6.10. The molecule has 0 spiro atoms. The first-order chi connectivity index (χ1) is 4.47. The quantitative estimate of drug-likeness (QED) is 0.481. The zero-order valence-electron chi connectivity index (χ0n) is 4.48. The van der Waals surface area contributed by atoms with Crippen molar-refractivity contribution in [3.8, 4) is 0 Å². The molecule has 45 valence electrons. The highest BCUT2D eigenvalue weighted by Gasteiger charge is 2.16. The van der Waals surface area contributed by atoms with Gasteiger partial charge in [0.1, 0.15) is 6.67 Å². The second-order valence-corrected chi connectivity index (χ2v) is 2.34. The summed E-state index contributed by atoms with van der Waals surface area (Å²) in [5, 5.41) is 6.55. The van der Waals surface area contributed by atoms with E-state index < -0.39 is 0 Å². The predicted octanol–water partition coefficient (Wildman–Crippen LogP) is 0.211. The van der Waals surface area contributed by atoms with Crippen LogP contribution >= 0.6 is 11.8 Å². The molecule has 0 N–H and O–H groups in total. The van der Waals surface area contributed by atoms with E-state index in [0.717, 1.165) is 5.17 Å². The van der Waals surface area contributed by atoms with Crippen molar-refractivity contribution in [2.45, 2.75) is 0 Å². The molecule has 0 aromatic rings. The Kier molecular flexibility index (Phi) is 1.02. The van der Waals surface area contributed by atoms with Gasteiger partial charge in [0.2, 0.25) is 0 Å². The summed E-state index contributed by atoms with van der Waals surface area (Å²) >= 11 is 1.49. The summed E-state index contributed by atoms with van der Waals surface area (Å²) in [6.07, 6.45) is 2.53. The van der Waals surface area contributed by atoms with E-state index in [4.69, 9.17) is 0 Å². The highest BCUT2D eigenvalue weighted by atomic mass is 32.2. The van der Waals surface area contributed by atoms with Gasteiger partial charge in [-0.05, 0) is 11.8 Å². The molecule has 0 atom stereocenters. The highest BCUT2D eigenvalue weighted by Crippen LogP contribution is 2.15. The van der Waals surface area contributed by atoms with Crippen LogP contribution in [0.2, 0.25) is 0 Å². The average Bonchev–Trinajstić information content (AvgIpc) is 2.33. The molecule has 0 unspecified atom stereocenters. The molecule has 9 heavy (non-hydrogen) atoms. The summed E-state index contributed by atoms with van der Waals surface area (Å²) in [5.74, 6) is 0. The van der Waals surface area contributed by atoms with Gasteiger partial charge in [-0.2, -0.15) is 10.1 Å². The third-order valence-electron chi connectivity index (χ3n) is 0.986. The van der Waals surface area contributed by atoms with Gasteiger partial charge in [-0.1, -0.05) is 0 Å². The van der Waals surface area contributed by atoms with Gasteiger partial charge in [-0.15, -0.1) is 0 Å². The fourth-order valence-corrected chi connectivity index (χ4v) is 1.17. The fraction of sp³-hybridized carbons (Fsp3) is 0.250. The van der Waals surface area contributed by atoms with Crippen LogP contribution in [0.4, 0.5) is 0 Å². The van der Waals surface area contributed by atoms with Crippen LogP contribution in [0.5, 0.6) is 0 Å². The zero-order valence-corrected chi connectivity index (χ0v) is 5.30. The Labute approximate surface area is 56.4 Å². The smallest absolute Gasteiger partial charge is 0.197 e.